The van der Waals surface area contributed by atoms with Crippen molar-refractivity contribution in [1.29, 1.82) is 0 Å². The predicted octanol–water partition coefficient (Wildman–Crippen LogP) is 3.50. The zero-order chi connectivity index (χ0) is 22.0. The summed E-state index contributed by atoms with van der Waals surface area (Å²) in [7, 11) is -4.72. The Morgan fingerprint density at radius 2 is 1.14 bits per heavy atom. The molecular weight excluding hydrogens is 412 g/mol. The zero-order valence-corrected chi connectivity index (χ0v) is 21.6. The fourth-order valence-corrected chi connectivity index (χ4v) is 6.92. The highest BCUT2D eigenvalue weighted by Crippen LogP contribution is 2.16. The van der Waals surface area contributed by atoms with Gasteiger partial charge in [-0.25, -0.2) is 0 Å². The van der Waals surface area contributed by atoms with Gasteiger partial charge in [0.05, 0.1) is 13.2 Å². The Balaban J connectivity index is 0.000000555. The maximum absolute atomic E-state index is 5.75. The van der Waals surface area contributed by atoms with Crippen molar-refractivity contribution in [2.24, 2.45) is 0 Å². The summed E-state index contributed by atoms with van der Waals surface area (Å²) in [5, 5.41) is 0. The molecule has 176 valence electrons. The maximum atomic E-state index is 5.75. The third-order valence-electron chi connectivity index (χ3n) is 3.81. The first kappa shape index (κ1) is 29.1. The lowest BCUT2D eigenvalue weighted by Gasteiger charge is -2.26. The molecule has 0 amide bonds. The topological polar surface area (TPSA) is 77.1 Å². The number of epoxide rings is 1. The van der Waals surface area contributed by atoms with E-state index in [-0.39, 0.29) is 0 Å². The van der Waals surface area contributed by atoms with Crippen molar-refractivity contribution in [2.45, 2.75) is 66.7 Å². The second kappa shape index (κ2) is 17.8. The monoisotopic (exact) mass is 456 g/mol. The van der Waals surface area contributed by atoms with Gasteiger partial charge >= 0.3 is 17.6 Å². The molecule has 1 heterocycles. The van der Waals surface area contributed by atoms with Crippen LogP contribution in [0.4, 0.5) is 0 Å². The average molecular weight is 457 g/mol. The third-order valence-corrected chi connectivity index (χ3v) is 9.44. The molecule has 0 saturated carbocycles. The molecule has 0 spiro atoms. The summed E-state index contributed by atoms with van der Waals surface area (Å²) < 4.78 is 43.7. The maximum Gasteiger partial charge on any atom is 0.679 e. The number of ether oxygens (including phenoxy) is 2. The van der Waals surface area contributed by atoms with Gasteiger partial charge in [-0.3, -0.25) is 0 Å². The van der Waals surface area contributed by atoms with Crippen LogP contribution in [-0.4, -0.2) is 83.2 Å². The molecule has 0 aliphatic carbocycles. The van der Waals surface area contributed by atoms with Crippen molar-refractivity contribution in [2.75, 3.05) is 59.5 Å². The van der Waals surface area contributed by atoms with Crippen LogP contribution in [0.1, 0.15) is 48.0 Å². The third kappa shape index (κ3) is 14.7. The molecule has 29 heavy (non-hydrogen) atoms. The van der Waals surface area contributed by atoms with E-state index < -0.39 is 17.6 Å². The van der Waals surface area contributed by atoms with Crippen molar-refractivity contribution >= 4 is 17.6 Å². The second-order valence-corrected chi connectivity index (χ2v) is 11.9. The van der Waals surface area contributed by atoms with E-state index in [0.29, 0.717) is 32.5 Å². The molecule has 1 fully saturated rings. The molecule has 1 aliphatic heterocycles. The molecule has 1 aliphatic rings. The lowest BCUT2D eigenvalue weighted by molar-refractivity contribution is -0.0247. The molecule has 1 atom stereocenters. The molecule has 10 heteroatoms. The van der Waals surface area contributed by atoms with Crippen LogP contribution in [0.2, 0.25) is 12.6 Å². The van der Waals surface area contributed by atoms with Gasteiger partial charge in [-0.15, -0.1) is 0 Å². The molecule has 0 radical (unpaired) electrons. The largest absolute Gasteiger partial charge is 0.679 e. The lowest BCUT2D eigenvalue weighted by atomic mass is 10.5. The quantitative estimate of drug-likeness (QED) is 0.176. The molecule has 0 N–H and O–H groups in total. The molecule has 0 bridgehead atoms. The van der Waals surface area contributed by atoms with E-state index in [4.69, 9.17) is 36.0 Å². The molecule has 0 aromatic carbocycles. The molecule has 1 rings (SSSR count). The smallest absolute Gasteiger partial charge is 0.395 e. The second-order valence-electron chi connectivity index (χ2n) is 6.37. The predicted molar refractivity (Wildman–Crippen MR) is 117 cm³/mol. The highest BCUT2D eigenvalue weighted by atomic mass is 28.4. The summed E-state index contributed by atoms with van der Waals surface area (Å²) in [5.41, 5.74) is 0. The van der Waals surface area contributed by atoms with E-state index in [0.717, 1.165) is 45.5 Å². The van der Waals surface area contributed by atoms with Gasteiger partial charge in [0, 0.05) is 46.2 Å². The molecule has 1 unspecified atom stereocenters. The first-order valence-corrected chi connectivity index (χ1v) is 15.1. The van der Waals surface area contributed by atoms with E-state index in [2.05, 4.69) is 6.55 Å². The molecular formula is C19H44O8Si2. The van der Waals surface area contributed by atoms with Crippen LogP contribution < -0.4 is 0 Å². The van der Waals surface area contributed by atoms with Gasteiger partial charge in [-0.05, 0) is 60.6 Å². The minimum Gasteiger partial charge on any atom is -0.395 e. The minimum absolute atomic E-state index is 0.363. The van der Waals surface area contributed by atoms with Gasteiger partial charge < -0.3 is 36.0 Å². The van der Waals surface area contributed by atoms with Gasteiger partial charge in [-0.1, -0.05) is 0 Å². The van der Waals surface area contributed by atoms with E-state index >= 15 is 0 Å². The first-order valence-electron chi connectivity index (χ1n) is 11.0. The number of rotatable bonds is 18. The van der Waals surface area contributed by atoms with Crippen LogP contribution in [0.5, 0.6) is 0 Å². The Labute approximate surface area is 180 Å². The average Bonchev–Trinajstić information content (AvgIpc) is 3.48. The summed E-state index contributed by atoms with van der Waals surface area (Å²) in [6.07, 6.45) is 1.37. The van der Waals surface area contributed by atoms with E-state index in [9.17, 15) is 0 Å². The Morgan fingerprint density at radius 3 is 1.48 bits per heavy atom. The summed E-state index contributed by atoms with van der Waals surface area (Å²) in [6, 6.07) is 1.00. The molecule has 0 aromatic rings. The summed E-state index contributed by atoms with van der Waals surface area (Å²) in [6.45, 7) is 19.8. The Morgan fingerprint density at radius 1 is 0.724 bits per heavy atom. The standard InChI is InChI=1S/C11H24O4Si.C8H20O4Si/c1-4-14-16(3,15-5-2)8-6-7-12-9-11-10-13-11;1-5-9-13(10-6-2,11-7-3)12-8-4/h11H,4-10H2,1-3H3;5-8H2,1-4H3. The highest BCUT2D eigenvalue weighted by Gasteiger charge is 2.44. The van der Waals surface area contributed by atoms with E-state index in [1.165, 1.54) is 0 Å². The van der Waals surface area contributed by atoms with Crippen molar-refractivity contribution in [3.63, 3.8) is 0 Å². The lowest BCUT2D eigenvalue weighted by Crippen LogP contribution is -2.49. The zero-order valence-electron chi connectivity index (χ0n) is 19.6. The van der Waals surface area contributed by atoms with Crippen molar-refractivity contribution < 1.29 is 36.0 Å². The first-order chi connectivity index (χ1) is 13.9. The molecule has 0 aromatic heterocycles. The van der Waals surface area contributed by atoms with Gasteiger partial charge in [0.1, 0.15) is 6.10 Å². The number of hydrogen-bond acceptors (Lipinski definition) is 8. The molecule has 8 nitrogen and oxygen atoms in total. The normalized spacial score (nSPS) is 16.4. The van der Waals surface area contributed by atoms with Gasteiger partial charge in [-0.2, -0.15) is 0 Å². The van der Waals surface area contributed by atoms with E-state index in [1.807, 2.05) is 41.5 Å². The summed E-state index contributed by atoms with van der Waals surface area (Å²) in [4.78, 5) is 0. The highest BCUT2D eigenvalue weighted by molar-refractivity contribution is 6.66. The fraction of sp³-hybridized carbons (Fsp3) is 1.00. The fourth-order valence-electron chi connectivity index (χ4n) is 2.63. The minimum atomic E-state index is -2.80. The summed E-state index contributed by atoms with van der Waals surface area (Å²) >= 11 is 0. The van der Waals surface area contributed by atoms with Crippen LogP contribution in [0.25, 0.3) is 0 Å². The van der Waals surface area contributed by atoms with Crippen LogP contribution in [-0.2, 0) is 36.0 Å². The Hall–Kier alpha value is 0.114. The van der Waals surface area contributed by atoms with Gasteiger partial charge in [0.25, 0.3) is 0 Å². The van der Waals surface area contributed by atoms with Crippen LogP contribution in [0, 0.1) is 0 Å². The van der Waals surface area contributed by atoms with Crippen molar-refractivity contribution in [3.8, 4) is 0 Å². The van der Waals surface area contributed by atoms with Crippen molar-refractivity contribution in [3.05, 3.63) is 0 Å². The van der Waals surface area contributed by atoms with Crippen LogP contribution in [0.3, 0.4) is 0 Å². The van der Waals surface area contributed by atoms with Crippen LogP contribution in [0.15, 0.2) is 0 Å². The Bertz CT molecular complexity index is 337. The van der Waals surface area contributed by atoms with Crippen molar-refractivity contribution in [1.82, 2.24) is 0 Å². The van der Waals surface area contributed by atoms with Crippen LogP contribution >= 0.6 is 0 Å². The van der Waals surface area contributed by atoms with Gasteiger partial charge in [0.15, 0.2) is 0 Å². The Kier molecular flexibility index (Phi) is 17.8. The van der Waals surface area contributed by atoms with Gasteiger partial charge in [0.2, 0.25) is 0 Å². The summed E-state index contributed by atoms with van der Waals surface area (Å²) in [5.74, 6) is 0. The molecule has 1 saturated heterocycles. The number of hydrogen-bond donors (Lipinski definition) is 0. The SMILES string of the molecule is CCO[Si](C)(CCCOCC1CO1)OCC.CCO[Si](OCC)(OCC)OCC. The van der Waals surface area contributed by atoms with E-state index in [1.54, 1.807) is 0 Å².